The molecule has 0 saturated heterocycles. The molecule has 0 unspecified atom stereocenters. The third kappa shape index (κ3) is 3.48. The van der Waals surface area contributed by atoms with Crippen molar-refractivity contribution >= 4 is 21.8 Å². The van der Waals surface area contributed by atoms with Gasteiger partial charge >= 0.3 is 12.1 Å². The molecule has 1 heterocycles. The van der Waals surface area contributed by atoms with Crippen LogP contribution < -0.4 is 4.72 Å². The molecule has 24 heavy (non-hydrogen) atoms. The maximum atomic E-state index is 13.1. The number of ether oxygens (including phenoxy) is 1. The first-order valence-corrected chi connectivity index (χ1v) is 7.71. The minimum atomic E-state index is -4.94. The summed E-state index contributed by atoms with van der Waals surface area (Å²) in [5, 5.41) is 6.95. The summed E-state index contributed by atoms with van der Waals surface area (Å²) < 4.78 is 71.2. The number of methoxy groups -OCH3 is 1. The number of hydrogen-bond donors (Lipinski definition) is 1. The van der Waals surface area contributed by atoms with Crippen molar-refractivity contribution in [3.63, 3.8) is 0 Å². The highest BCUT2D eigenvalue weighted by atomic mass is 32.2. The average molecular weight is 364 g/mol. The Kier molecular flexibility index (Phi) is 4.51. The fourth-order valence-corrected chi connectivity index (χ4v) is 2.89. The van der Waals surface area contributed by atoms with E-state index in [-0.39, 0.29) is 5.82 Å². The van der Waals surface area contributed by atoms with E-state index in [1.165, 1.54) is 7.05 Å². The van der Waals surface area contributed by atoms with Gasteiger partial charge in [-0.05, 0) is 18.2 Å². The average Bonchev–Trinajstić information content (AvgIpc) is 2.89. The molecule has 0 amide bonds. The molecule has 1 aromatic carbocycles. The van der Waals surface area contributed by atoms with Gasteiger partial charge in [0.25, 0.3) is 10.0 Å². The number of esters is 1. The highest BCUT2D eigenvalue weighted by Gasteiger charge is 2.37. The summed E-state index contributed by atoms with van der Waals surface area (Å²) in [7, 11) is -2.02. The Hall–Kier alpha value is -2.63. The second kappa shape index (κ2) is 6.11. The lowest BCUT2D eigenvalue weighted by Crippen LogP contribution is -2.19. The van der Waals surface area contributed by atoms with Gasteiger partial charge in [0.05, 0.1) is 29.3 Å². The predicted octanol–water partition coefficient (Wildman–Crippen LogP) is 1.42. The molecule has 0 aliphatic heterocycles. The van der Waals surface area contributed by atoms with Gasteiger partial charge in [-0.2, -0.15) is 13.2 Å². The predicted molar refractivity (Wildman–Crippen MR) is 74.6 cm³/mol. The summed E-state index contributed by atoms with van der Waals surface area (Å²) in [6.07, 6.45) is -3.85. The van der Waals surface area contributed by atoms with Crippen molar-refractivity contribution in [3.05, 3.63) is 35.5 Å². The smallest absolute Gasteiger partial charge is 0.417 e. The number of nitrogens with zero attached hydrogens (tertiary/aromatic N) is 3. The van der Waals surface area contributed by atoms with Gasteiger partial charge in [-0.1, -0.05) is 5.21 Å². The summed E-state index contributed by atoms with van der Waals surface area (Å²) in [6.45, 7) is 0. The van der Waals surface area contributed by atoms with Crippen molar-refractivity contribution < 1.29 is 31.1 Å². The van der Waals surface area contributed by atoms with Gasteiger partial charge < -0.3 is 4.74 Å². The number of carbonyl (C=O) groups is 1. The highest BCUT2D eigenvalue weighted by molar-refractivity contribution is 7.92. The summed E-state index contributed by atoms with van der Waals surface area (Å²) in [5.74, 6) is -1.27. The lowest BCUT2D eigenvalue weighted by Gasteiger charge is -2.14. The van der Waals surface area contributed by atoms with Crippen LogP contribution in [0.4, 0.5) is 19.0 Å². The first kappa shape index (κ1) is 17.7. The maximum absolute atomic E-state index is 13.1. The molecular weight excluding hydrogens is 353 g/mol. The fraction of sp³-hybridized carbons (Fsp3) is 0.250. The van der Waals surface area contributed by atoms with E-state index < -0.39 is 38.2 Å². The Bertz CT molecular complexity index is 877. The van der Waals surface area contributed by atoms with Crippen LogP contribution in [0.3, 0.4) is 0 Å². The van der Waals surface area contributed by atoms with Crippen molar-refractivity contribution in [2.75, 3.05) is 11.8 Å². The molecule has 1 N–H and O–H groups in total. The van der Waals surface area contributed by atoms with Gasteiger partial charge in [0.15, 0.2) is 5.82 Å². The zero-order chi connectivity index (χ0) is 18.1. The molecule has 2 aromatic rings. The van der Waals surface area contributed by atoms with Gasteiger partial charge in [0.2, 0.25) is 0 Å². The lowest BCUT2D eigenvalue weighted by molar-refractivity contribution is -0.138. The number of nitrogens with one attached hydrogen (secondary N) is 1. The fourth-order valence-electron chi connectivity index (χ4n) is 1.79. The van der Waals surface area contributed by atoms with Gasteiger partial charge in [-0.25, -0.2) is 17.9 Å². The molecule has 130 valence electrons. The van der Waals surface area contributed by atoms with Crippen LogP contribution in [0.5, 0.6) is 0 Å². The number of hydrogen-bond acceptors (Lipinski definition) is 6. The van der Waals surface area contributed by atoms with Crippen molar-refractivity contribution in [2.24, 2.45) is 7.05 Å². The number of carbonyl (C=O) groups excluding carboxylic acids is 1. The molecule has 0 atom stereocenters. The lowest BCUT2D eigenvalue weighted by atomic mass is 10.1. The number of aromatic nitrogens is 3. The minimum absolute atomic E-state index is 0.0411. The van der Waals surface area contributed by atoms with E-state index in [4.69, 9.17) is 0 Å². The number of rotatable bonds is 4. The van der Waals surface area contributed by atoms with Crippen LogP contribution in [0.1, 0.15) is 15.9 Å². The van der Waals surface area contributed by atoms with Gasteiger partial charge in [-0.15, -0.1) is 5.10 Å². The normalized spacial score (nSPS) is 12.0. The zero-order valence-electron chi connectivity index (χ0n) is 12.3. The maximum Gasteiger partial charge on any atom is 0.417 e. The summed E-state index contributed by atoms with van der Waals surface area (Å²) >= 11 is 0. The molecule has 2 rings (SSSR count). The molecule has 0 bridgehead atoms. The summed E-state index contributed by atoms with van der Waals surface area (Å²) in [5.41, 5.74) is -2.20. The van der Waals surface area contributed by atoms with Crippen molar-refractivity contribution in [3.8, 4) is 0 Å². The molecule has 1 aromatic heterocycles. The third-order valence-corrected chi connectivity index (χ3v) is 4.32. The quantitative estimate of drug-likeness (QED) is 0.823. The standard InChI is InChI=1S/C12H11F3N4O4S/c1-19-10(6-16-18-19)17-24(21,22)7-3-4-8(11(20)23-2)9(5-7)12(13,14)15/h3-6,17H,1-2H3. The topological polar surface area (TPSA) is 103 Å². The molecule has 0 aliphatic rings. The van der Waals surface area contributed by atoms with E-state index >= 15 is 0 Å². The van der Waals surface area contributed by atoms with Crippen LogP contribution in [-0.2, 0) is 28.0 Å². The number of alkyl halides is 3. The van der Waals surface area contributed by atoms with E-state index in [0.29, 0.717) is 6.07 Å². The molecular formula is C12H11F3N4O4S. The second-order valence-electron chi connectivity index (χ2n) is 4.55. The molecule has 0 radical (unpaired) electrons. The monoisotopic (exact) mass is 364 g/mol. The van der Waals surface area contributed by atoms with Crippen LogP contribution in [-0.4, -0.2) is 36.5 Å². The highest BCUT2D eigenvalue weighted by Crippen LogP contribution is 2.34. The zero-order valence-corrected chi connectivity index (χ0v) is 13.1. The van der Waals surface area contributed by atoms with Gasteiger partial charge in [-0.3, -0.25) is 4.72 Å². The molecule has 0 aliphatic carbocycles. The first-order chi connectivity index (χ1) is 11.1. The summed E-state index contributed by atoms with van der Waals surface area (Å²) in [4.78, 5) is 10.8. The number of sulfonamides is 1. The SMILES string of the molecule is COC(=O)c1ccc(S(=O)(=O)Nc2cnnn2C)cc1C(F)(F)F. The molecule has 8 nitrogen and oxygen atoms in total. The molecule has 0 spiro atoms. The van der Waals surface area contributed by atoms with E-state index in [1.807, 2.05) is 0 Å². The van der Waals surface area contributed by atoms with Crippen LogP contribution in [0.25, 0.3) is 0 Å². The van der Waals surface area contributed by atoms with Gasteiger partial charge in [0, 0.05) is 7.05 Å². The second-order valence-corrected chi connectivity index (χ2v) is 6.23. The Labute approximate surface area is 134 Å². The van der Waals surface area contributed by atoms with E-state index in [0.717, 1.165) is 30.1 Å². The third-order valence-electron chi connectivity index (χ3n) is 2.97. The number of aryl methyl sites for hydroxylation is 1. The van der Waals surface area contributed by atoms with Crippen LogP contribution >= 0.6 is 0 Å². The van der Waals surface area contributed by atoms with Crippen molar-refractivity contribution in [2.45, 2.75) is 11.1 Å². The van der Waals surface area contributed by atoms with Crippen LogP contribution in [0, 0.1) is 0 Å². The Morgan fingerprint density at radius 3 is 2.50 bits per heavy atom. The minimum Gasteiger partial charge on any atom is -0.465 e. The number of benzene rings is 1. The van der Waals surface area contributed by atoms with Crippen molar-refractivity contribution in [1.29, 1.82) is 0 Å². The number of halogens is 3. The van der Waals surface area contributed by atoms with Crippen molar-refractivity contribution in [1.82, 2.24) is 15.0 Å². The Morgan fingerprint density at radius 1 is 1.33 bits per heavy atom. The Balaban J connectivity index is 2.51. The van der Waals surface area contributed by atoms with E-state index in [2.05, 4.69) is 19.8 Å². The Morgan fingerprint density at radius 2 is 2.00 bits per heavy atom. The largest absolute Gasteiger partial charge is 0.465 e. The first-order valence-electron chi connectivity index (χ1n) is 6.23. The molecule has 12 heteroatoms. The van der Waals surface area contributed by atoms with E-state index in [1.54, 1.807) is 0 Å². The van der Waals surface area contributed by atoms with Gasteiger partial charge in [0.1, 0.15) is 0 Å². The van der Waals surface area contributed by atoms with Crippen LogP contribution in [0.2, 0.25) is 0 Å². The molecule has 0 saturated carbocycles. The molecule has 0 fully saturated rings. The summed E-state index contributed by atoms with van der Waals surface area (Å²) in [6, 6.07) is 1.97. The van der Waals surface area contributed by atoms with E-state index in [9.17, 15) is 26.4 Å². The number of anilines is 1. The van der Waals surface area contributed by atoms with Crippen LogP contribution in [0.15, 0.2) is 29.3 Å².